The Bertz CT molecular complexity index is 540. The number of aryl methyl sites for hydroxylation is 1. The first kappa shape index (κ1) is 12.8. The molecule has 0 aliphatic rings. The molecule has 0 atom stereocenters. The van der Waals surface area contributed by atoms with E-state index in [0.29, 0.717) is 5.15 Å². The van der Waals surface area contributed by atoms with Gasteiger partial charge in [-0.2, -0.15) is 0 Å². The van der Waals surface area contributed by atoms with E-state index in [-0.39, 0.29) is 0 Å². The summed E-state index contributed by atoms with van der Waals surface area (Å²) in [5.74, 6) is 0.819. The molecule has 0 aliphatic carbocycles. The largest absolute Gasteiger partial charge is 0.366 e. The minimum Gasteiger partial charge on any atom is -0.366 e. The number of nitrogens with one attached hydrogen (secondary N) is 1. The lowest BCUT2D eigenvalue weighted by Crippen LogP contribution is -2.05. The van der Waals surface area contributed by atoms with Gasteiger partial charge in [-0.3, -0.25) is 0 Å². The zero-order chi connectivity index (χ0) is 13.0. The van der Waals surface area contributed by atoms with Crippen LogP contribution in [0.1, 0.15) is 23.6 Å². The predicted molar refractivity (Wildman–Crippen MR) is 74.9 cm³/mol. The van der Waals surface area contributed by atoms with Crippen molar-refractivity contribution in [3.63, 3.8) is 0 Å². The predicted octanol–water partition coefficient (Wildman–Crippen LogP) is 3.61. The van der Waals surface area contributed by atoms with E-state index in [1.165, 1.54) is 17.5 Å². The maximum atomic E-state index is 6.05. The van der Waals surface area contributed by atoms with Gasteiger partial charge in [-0.05, 0) is 18.9 Å². The van der Waals surface area contributed by atoms with Gasteiger partial charge < -0.3 is 5.32 Å². The third-order valence-electron chi connectivity index (χ3n) is 2.79. The number of rotatable bonds is 4. The van der Waals surface area contributed by atoms with Gasteiger partial charge in [0.2, 0.25) is 0 Å². The first-order valence-electron chi connectivity index (χ1n) is 5.99. The van der Waals surface area contributed by atoms with Gasteiger partial charge in [0.05, 0.1) is 0 Å². The number of benzene rings is 1. The van der Waals surface area contributed by atoms with Crippen LogP contribution in [-0.4, -0.2) is 9.97 Å². The molecule has 18 heavy (non-hydrogen) atoms. The summed E-state index contributed by atoms with van der Waals surface area (Å²) >= 11 is 6.05. The Kier molecular flexibility index (Phi) is 4.15. The van der Waals surface area contributed by atoms with Crippen molar-refractivity contribution in [1.82, 2.24) is 9.97 Å². The highest BCUT2D eigenvalue weighted by atomic mass is 35.5. The van der Waals surface area contributed by atoms with Crippen LogP contribution in [-0.2, 0) is 13.0 Å². The fraction of sp³-hybridized carbons (Fsp3) is 0.286. The highest BCUT2D eigenvalue weighted by molar-refractivity contribution is 6.30. The molecule has 3 nitrogen and oxygen atoms in total. The highest BCUT2D eigenvalue weighted by Crippen LogP contribution is 2.20. The summed E-state index contributed by atoms with van der Waals surface area (Å²) in [4.78, 5) is 8.24. The van der Waals surface area contributed by atoms with Crippen molar-refractivity contribution >= 4 is 17.4 Å². The Hall–Kier alpha value is -1.61. The van der Waals surface area contributed by atoms with Gasteiger partial charge in [-0.25, -0.2) is 9.97 Å². The van der Waals surface area contributed by atoms with Gasteiger partial charge in [-0.15, -0.1) is 0 Å². The monoisotopic (exact) mass is 261 g/mol. The fourth-order valence-electron chi connectivity index (χ4n) is 1.86. The Balaban J connectivity index is 2.13. The number of nitrogens with zero attached hydrogens (tertiary/aromatic N) is 2. The molecule has 94 valence electrons. The van der Waals surface area contributed by atoms with Gasteiger partial charge >= 0.3 is 0 Å². The Labute approximate surface area is 112 Å². The van der Waals surface area contributed by atoms with Crippen LogP contribution in [0.5, 0.6) is 0 Å². The minimum atomic E-state index is 0.527. The molecule has 0 fully saturated rings. The summed E-state index contributed by atoms with van der Waals surface area (Å²) in [5.41, 5.74) is 3.45. The smallest absolute Gasteiger partial charge is 0.137 e. The van der Waals surface area contributed by atoms with E-state index in [2.05, 4.69) is 46.5 Å². The molecule has 0 saturated carbocycles. The number of hydrogen-bond donors (Lipinski definition) is 1. The number of aromatic nitrogens is 2. The first-order valence-corrected chi connectivity index (χ1v) is 6.37. The van der Waals surface area contributed by atoms with E-state index in [1.54, 1.807) is 0 Å². The van der Waals surface area contributed by atoms with Gasteiger partial charge in [0.25, 0.3) is 0 Å². The quantitative estimate of drug-likeness (QED) is 0.855. The lowest BCUT2D eigenvalue weighted by molar-refractivity contribution is 1.01. The lowest BCUT2D eigenvalue weighted by atomic mass is 10.1. The third kappa shape index (κ3) is 2.99. The third-order valence-corrected chi connectivity index (χ3v) is 3.11. The number of hydrogen-bond acceptors (Lipinski definition) is 3. The molecule has 1 aromatic carbocycles. The highest BCUT2D eigenvalue weighted by Gasteiger charge is 2.07. The van der Waals surface area contributed by atoms with Crippen molar-refractivity contribution in [2.75, 3.05) is 5.32 Å². The molecule has 0 aliphatic heterocycles. The van der Waals surface area contributed by atoms with Crippen LogP contribution >= 0.6 is 11.6 Å². The summed E-state index contributed by atoms with van der Waals surface area (Å²) in [5, 5.41) is 3.84. The van der Waals surface area contributed by atoms with Crippen LogP contribution in [0.3, 0.4) is 0 Å². The van der Waals surface area contributed by atoms with E-state index >= 15 is 0 Å². The molecule has 0 radical (unpaired) electrons. The summed E-state index contributed by atoms with van der Waals surface area (Å²) < 4.78 is 0. The minimum absolute atomic E-state index is 0.527. The normalized spacial score (nSPS) is 10.4. The zero-order valence-electron chi connectivity index (χ0n) is 10.6. The van der Waals surface area contributed by atoms with E-state index in [1.807, 2.05) is 6.92 Å². The summed E-state index contributed by atoms with van der Waals surface area (Å²) in [6, 6.07) is 8.39. The van der Waals surface area contributed by atoms with E-state index < -0.39 is 0 Å². The second kappa shape index (κ2) is 5.83. The van der Waals surface area contributed by atoms with Gasteiger partial charge in [0.15, 0.2) is 0 Å². The van der Waals surface area contributed by atoms with Gasteiger partial charge in [0, 0.05) is 12.1 Å². The fourth-order valence-corrected chi connectivity index (χ4v) is 2.13. The Morgan fingerprint density at radius 3 is 2.83 bits per heavy atom. The van der Waals surface area contributed by atoms with Crippen LogP contribution in [0.2, 0.25) is 5.15 Å². The molecule has 0 spiro atoms. The standard InChI is InChI=1S/C14H16ClN3/c1-3-12-13(15)17-9-18-14(12)16-8-11-6-4-5-10(2)7-11/h4-7,9H,3,8H2,1-2H3,(H,16,17,18). The molecule has 1 aromatic heterocycles. The van der Waals surface area contributed by atoms with Crippen molar-refractivity contribution in [2.45, 2.75) is 26.8 Å². The Morgan fingerprint density at radius 2 is 2.11 bits per heavy atom. The zero-order valence-corrected chi connectivity index (χ0v) is 11.3. The molecule has 4 heteroatoms. The number of halogens is 1. The second-order valence-corrected chi connectivity index (χ2v) is 4.55. The van der Waals surface area contributed by atoms with Crippen LogP contribution in [0, 0.1) is 6.92 Å². The molecule has 0 amide bonds. The van der Waals surface area contributed by atoms with E-state index in [0.717, 1.165) is 24.3 Å². The summed E-state index contributed by atoms with van der Waals surface area (Å²) in [6.45, 7) is 4.87. The van der Waals surface area contributed by atoms with Crippen molar-refractivity contribution in [2.24, 2.45) is 0 Å². The molecule has 2 rings (SSSR count). The summed E-state index contributed by atoms with van der Waals surface area (Å²) in [7, 11) is 0. The molecular weight excluding hydrogens is 246 g/mol. The lowest BCUT2D eigenvalue weighted by Gasteiger charge is -2.10. The molecule has 1 N–H and O–H groups in total. The molecule has 2 aromatic rings. The number of anilines is 1. The van der Waals surface area contributed by atoms with Crippen molar-refractivity contribution in [1.29, 1.82) is 0 Å². The average molecular weight is 262 g/mol. The maximum absolute atomic E-state index is 6.05. The van der Waals surface area contributed by atoms with Gasteiger partial charge in [0.1, 0.15) is 17.3 Å². The maximum Gasteiger partial charge on any atom is 0.137 e. The SMILES string of the molecule is CCc1c(Cl)ncnc1NCc1cccc(C)c1. The molecular formula is C14H16ClN3. The molecule has 0 bridgehead atoms. The molecule has 1 heterocycles. The second-order valence-electron chi connectivity index (χ2n) is 4.19. The summed E-state index contributed by atoms with van der Waals surface area (Å²) in [6.07, 6.45) is 2.30. The Morgan fingerprint density at radius 1 is 1.28 bits per heavy atom. The average Bonchev–Trinajstić information content (AvgIpc) is 2.36. The van der Waals surface area contributed by atoms with Crippen molar-refractivity contribution in [3.8, 4) is 0 Å². The van der Waals surface area contributed by atoms with Crippen LogP contribution in [0.4, 0.5) is 5.82 Å². The van der Waals surface area contributed by atoms with Crippen molar-refractivity contribution in [3.05, 3.63) is 52.4 Å². The molecule has 0 saturated heterocycles. The van der Waals surface area contributed by atoms with E-state index in [4.69, 9.17) is 11.6 Å². The molecule has 0 unspecified atom stereocenters. The van der Waals surface area contributed by atoms with E-state index in [9.17, 15) is 0 Å². The van der Waals surface area contributed by atoms with Crippen LogP contribution in [0.25, 0.3) is 0 Å². The topological polar surface area (TPSA) is 37.8 Å². The van der Waals surface area contributed by atoms with Gasteiger partial charge in [-0.1, -0.05) is 48.4 Å². The van der Waals surface area contributed by atoms with Crippen molar-refractivity contribution < 1.29 is 0 Å². The first-order chi connectivity index (χ1) is 8.70. The van der Waals surface area contributed by atoms with Crippen LogP contribution in [0.15, 0.2) is 30.6 Å². The van der Waals surface area contributed by atoms with Crippen LogP contribution < -0.4 is 5.32 Å².